The minimum absolute atomic E-state index is 0.0278. The summed E-state index contributed by atoms with van der Waals surface area (Å²) in [5.74, 6) is -0.364. The second-order valence-electron chi connectivity index (χ2n) is 8.63. The van der Waals surface area contributed by atoms with E-state index in [1.165, 1.54) is 0 Å². The minimum Gasteiger partial charge on any atom is -0.459 e. The fraction of sp³-hybridized carbons (Fsp3) is 0.667. The van der Waals surface area contributed by atoms with E-state index in [-0.39, 0.29) is 36.4 Å². The van der Waals surface area contributed by atoms with Crippen molar-refractivity contribution >= 4 is 14.3 Å². The van der Waals surface area contributed by atoms with E-state index in [4.69, 9.17) is 18.6 Å². The van der Waals surface area contributed by atoms with Gasteiger partial charge in [0.1, 0.15) is 19.3 Å². The average molecular weight is 395 g/mol. The summed E-state index contributed by atoms with van der Waals surface area (Å²) in [7, 11) is -1.87. The van der Waals surface area contributed by atoms with Crippen LogP contribution in [0.2, 0.25) is 18.1 Å². The zero-order valence-corrected chi connectivity index (χ0v) is 18.3. The van der Waals surface area contributed by atoms with Gasteiger partial charge in [-0.25, -0.2) is 4.79 Å². The molecule has 1 fully saturated rings. The molecule has 2 atom stereocenters. The van der Waals surface area contributed by atoms with Gasteiger partial charge in [0, 0.05) is 6.61 Å². The van der Waals surface area contributed by atoms with E-state index in [0.29, 0.717) is 13.2 Å². The third kappa shape index (κ3) is 7.03. The number of carbonyl (C=O) groups is 1. The monoisotopic (exact) mass is 394 g/mol. The van der Waals surface area contributed by atoms with Crippen LogP contribution in [-0.4, -0.2) is 46.3 Å². The lowest BCUT2D eigenvalue weighted by molar-refractivity contribution is -0.154. The lowest BCUT2D eigenvalue weighted by Gasteiger charge is -2.42. The smallest absolute Gasteiger partial charge is 0.332 e. The van der Waals surface area contributed by atoms with Crippen molar-refractivity contribution in [2.24, 2.45) is 0 Å². The quantitative estimate of drug-likeness (QED) is 0.486. The van der Waals surface area contributed by atoms with Crippen LogP contribution in [0.5, 0.6) is 0 Å². The zero-order chi connectivity index (χ0) is 19.9. The molecule has 0 aromatic heterocycles. The highest BCUT2D eigenvalue weighted by Crippen LogP contribution is 2.38. The van der Waals surface area contributed by atoms with Crippen LogP contribution in [-0.2, 0) is 30.0 Å². The fourth-order valence-corrected chi connectivity index (χ4v) is 4.08. The summed E-state index contributed by atoms with van der Waals surface area (Å²) in [4.78, 5) is 11.9. The summed E-state index contributed by atoms with van der Waals surface area (Å²) >= 11 is 0. The van der Waals surface area contributed by atoms with E-state index in [0.717, 1.165) is 18.4 Å². The molecule has 1 aromatic rings. The number of benzene rings is 1. The molecule has 0 N–H and O–H groups in total. The third-order valence-corrected chi connectivity index (χ3v) is 9.88. The normalized spacial score (nSPS) is 21.1. The van der Waals surface area contributed by atoms with Crippen LogP contribution in [0.4, 0.5) is 0 Å². The fourth-order valence-electron chi connectivity index (χ4n) is 2.70. The molecular weight excluding hydrogens is 360 g/mol. The Balaban J connectivity index is 1.76. The minimum atomic E-state index is -1.87. The predicted molar refractivity (Wildman–Crippen MR) is 108 cm³/mol. The lowest BCUT2D eigenvalue weighted by atomic mass is 10.1. The Morgan fingerprint density at radius 1 is 1.22 bits per heavy atom. The Morgan fingerprint density at radius 2 is 1.93 bits per heavy atom. The molecule has 0 unspecified atom stereocenters. The largest absolute Gasteiger partial charge is 0.459 e. The van der Waals surface area contributed by atoms with Gasteiger partial charge in [-0.05, 0) is 36.5 Å². The molecule has 0 amide bonds. The zero-order valence-electron chi connectivity index (χ0n) is 17.3. The SMILES string of the molecule is CC(C)(C)[Si](C)(C)O[C@H]1CCCO[C@@H]1COCC(=O)OCc1ccccc1. The Bertz CT molecular complexity index is 582. The highest BCUT2D eigenvalue weighted by atomic mass is 28.4. The van der Waals surface area contributed by atoms with Crippen LogP contribution in [0, 0.1) is 0 Å². The highest BCUT2D eigenvalue weighted by Gasteiger charge is 2.41. The van der Waals surface area contributed by atoms with Crippen LogP contribution in [0.25, 0.3) is 0 Å². The molecule has 6 heteroatoms. The maximum atomic E-state index is 11.9. The molecular formula is C21H34O5Si. The van der Waals surface area contributed by atoms with Crippen molar-refractivity contribution < 1.29 is 23.4 Å². The summed E-state index contributed by atoms with van der Waals surface area (Å²) < 4.78 is 23.2. The summed E-state index contributed by atoms with van der Waals surface area (Å²) in [6, 6.07) is 9.62. The molecule has 0 spiro atoms. The van der Waals surface area contributed by atoms with Crippen molar-refractivity contribution in [2.45, 2.75) is 70.6 Å². The van der Waals surface area contributed by atoms with Gasteiger partial charge < -0.3 is 18.6 Å². The third-order valence-electron chi connectivity index (χ3n) is 5.38. The summed E-state index contributed by atoms with van der Waals surface area (Å²) in [5, 5.41) is 0.150. The van der Waals surface area contributed by atoms with Gasteiger partial charge in [0.05, 0.1) is 12.7 Å². The van der Waals surface area contributed by atoms with E-state index in [9.17, 15) is 4.79 Å². The van der Waals surface area contributed by atoms with E-state index >= 15 is 0 Å². The maximum Gasteiger partial charge on any atom is 0.332 e. The van der Waals surface area contributed by atoms with Gasteiger partial charge >= 0.3 is 5.97 Å². The molecule has 2 rings (SSSR count). The topological polar surface area (TPSA) is 54.0 Å². The van der Waals surface area contributed by atoms with Crippen LogP contribution < -0.4 is 0 Å². The van der Waals surface area contributed by atoms with Gasteiger partial charge in [-0.2, -0.15) is 0 Å². The molecule has 1 saturated heterocycles. The molecule has 0 aliphatic carbocycles. The molecule has 5 nitrogen and oxygen atoms in total. The predicted octanol–water partition coefficient (Wildman–Crippen LogP) is 4.32. The van der Waals surface area contributed by atoms with Crippen molar-refractivity contribution in [3.8, 4) is 0 Å². The highest BCUT2D eigenvalue weighted by molar-refractivity contribution is 6.74. The number of ether oxygens (including phenoxy) is 3. The number of esters is 1. The maximum absolute atomic E-state index is 11.9. The summed E-state index contributed by atoms with van der Waals surface area (Å²) in [6.07, 6.45) is 1.86. The molecule has 152 valence electrons. The first-order chi connectivity index (χ1) is 12.7. The first-order valence-electron chi connectivity index (χ1n) is 9.76. The molecule has 27 heavy (non-hydrogen) atoms. The van der Waals surface area contributed by atoms with Crippen LogP contribution in [0.3, 0.4) is 0 Å². The van der Waals surface area contributed by atoms with Crippen molar-refractivity contribution in [1.29, 1.82) is 0 Å². The number of hydrogen-bond acceptors (Lipinski definition) is 5. The van der Waals surface area contributed by atoms with Gasteiger partial charge in [-0.1, -0.05) is 51.1 Å². The first kappa shape index (κ1) is 22.1. The van der Waals surface area contributed by atoms with Crippen molar-refractivity contribution in [3.63, 3.8) is 0 Å². The Hall–Kier alpha value is -1.21. The average Bonchev–Trinajstić information content (AvgIpc) is 2.61. The molecule has 1 aliphatic heterocycles. The Kier molecular flexibility index (Phi) is 8.03. The van der Waals surface area contributed by atoms with Crippen LogP contribution in [0.15, 0.2) is 30.3 Å². The van der Waals surface area contributed by atoms with Gasteiger partial charge in [0.2, 0.25) is 0 Å². The molecule has 0 bridgehead atoms. The molecule has 1 heterocycles. The van der Waals surface area contributed by atoms with Gasteiger partial charge in [-0.15, -0.1) is 0 Å². The van der Waals surface area contributed by atoms with E-state index < -0.39 is 8.32 Å². The standard InChI is InChI=1S/C21H34O5Si/c1-21(2,3)27(4,5)26-18-12-9-13-24-19(18)15-23-16-20(22)25-14-17-10-7-6-8-11-17/h6-8,10-11,18-19H,9,12-16H2,1-5H3/t18-,19+/m0/s1. The summed E-state index contributed by atoms with van der Waals surface area (Å²) in [5.41, 5.74) is 0.962. The van der Waals surface area contributed by atoms with Gasteiger partial charge in [0.25, 0.3) is 0 Å². The van der Waals surface area contributed by atoms with Crippen molar-refractivity contribution in [2.75, 3.05) is 19.8 Å². The number of carbonyl (C=O) groups excluding carboxylic acids is 1. The number of hydrogen-bond donors (Lipinski definition) is 0. The number of rotatable bonds is 8. The molecule has 1 aromatic carbocycles. The first-order valence-corrected chi connectivity index (χ1v) is 12.7. The van der Waals surface area contributed by atoms with E-state index in [1.54, 1.807) is 0 Å². The molecule has 0 saturated carbocycles. The Morgan fingerprint density at radius 3 is 2.59 bits per heavy atom. The van der Waals surface area contributed by atoms with Crippen LogP contribution in [0.1, 0.15) is 39.2 Å². The molecule has 1 aliphatic rings. The summed E-state index contributed by atoms with van der Waals surface area (Å²) in [6.45, 7) is 12.5. The molecule has 0 radical (unpaired) electrons. The second-order valence-corrected chi connectivity index (χ2v) is 13.4. The van der Waals surface area contributed by atoms with Crippen molar-refractivity contribution in [3.05, 3.63) is 35.9 Å². The van der Waals surface area contributed by atoms with E-state index in [2.05, 4.69) is 33.9 Å². The van der Waals surface area contributed by atoms with Gasteiger partial charge in [0.15, 0.2) is 8.32 Å². The lowest BCUT2D eigenvalue weighted by Crippen LogP contribution is -2.50. The van der Waals surface area contributed by atoms with E-state index in [1.807, 2.05) is 30.3 Å². The van der Waals surface area contributed by atoms with Gasteiger partial charge in [-0.3, -0.25) is 0 Å². The second kappa shape index (κ2) is 9.82. The Labute approximate surface area is 164 Å². The van der Waals surface area contributed by atoms with Crippen molar-refractivity contribution in [1.82, 2.24) is 0 Å². The van der Waals surface area contributed by atoms with Crippen LogP contribution >= 0.6 is 0 Å².